The minimum Gasteiger partial charge on any atom is -0.355 e. The average molecular weight is 335 g/mol. The Morgan fingerprint density at radius 2 is 1.76 bits per heavy atom. The fourth-order valence-corrected chi connectivity index (χ4v) is 4.64. The Hall–Kier alpha value is -2.01. The number of anilines is 1. The molecule has 1 aliphatic carbocycles. The highest BCUT2D eigenvalue weighted by Crippen LogP contribution is 2.34. The van der Waals surface area contributed by atoms with E-state index in [9.17, 15) is 0 Å². The van der Waals surface area contributed by atoms with E-state index in [4.69, 9.17) is 9.97 Å². The van der Waals surface area contributed by atoms with E-state index in [1.807, 2.05) is 24.5 Å². The van der Waals surface area contributed by atoms with Crippen molar-refractivity contribution in [3.8, 4) is 11.4 Å². The number of likely N-dealkylation sites (tertiary alicyclic amines) is 1. The molecule has 2 aliphatic heterocycles. The van der Waals surface area contributed by atoms with E-state index in [0.29, 0.717) is 6.04 Å². The van der Waals surface area contributed by atoms with Crippen LogP contribution in [0.15, 0.2) is 24.5 Å². The Labute approximate surface area is 149 Å². The first-order chi connectivity index (χ1) is 12.4. The van der Waals surface area contributed by atoms with Crippen LogP contribution in [0.4, 0.5) is 5.82 Å². The summed E-state index contributed by atoms with van der Waals surface area (Å²) in [4.78, 5) is 19.2. The van der Waals surface area contributed by atoms with E-state index in [-0.39, 0.29) is 0 Å². The molecule has 5 heteroatoms. The summed E-state index contributed by atoms with van der Waals surface area (Å²) in [6.07, 6.45) is 11.1. The van der Waals surface area contributed by atoms with Crippen molar-refractivity contribution in [3.63, 3.8) is 0 Å². The standard InChI is InChI=1S/C20H25N5/c1-2-12-24(11-1)16-8-13-25(14-16)20-17-4-3-5-18(17)22-19(23-20)15-6-9-21-10-7-15/h6-7,9-10,16H,1-5,8,11-14H2/t16-/m1/s1. The van der Waals surface area contributed by atoms with E-state index in [2.05, 4.69) is 14.8 Å². The molecule has 0 unspecified atom stereocenters. The van der Waals surface area contributed by atoms with Crippen LogP contribution in [0, 0.1) is 0 Å². The van der Waals surface area contributed by atoms with Gasteiger partial charge in [0.1, 0.15) is 5.82 Å². The third-order valence-electron chi connectivity index (χ3n) is 5.97. The van der Waals surface area contributed by atoms with Gasteiger partial charge in [-0.2, -0.15) is 0 Å². The molecule has 2 aromatic rings. The molecule has 4 heterocycles. The van der Waals surface area contributed by atoms with Gasteiger partial charge in [0.05, 0.1) is 0 Å². The predicted molar refractivity (Wildman–Crippen MR) is 98.7 cm³/mol. The lowest BCUT2D eigenvalue weighted by molar-refractivity contribution is 0.260. The zero-order chi connectivity index (χ0) is 16.6. The number of hydrogen-bond donors (Lipinski definition) is 0. The molecule has 0 N–H and O–H groups in total. The van der Waals surface area contributed by atoms with Crippen molar-refractivity contribution in [3.05, 3.63) is 35.8 Å². The first-order valence-corrected chi connectivity index (χ1v) is 9.68. The van der Waals surface area contributed by atoms with Gasteiger partial charge in [0.15, 0.2) is 5.82 Å². The summed E-state index contributed by atoms with van der Waals surface area (Å²) in [5.41, 5.74) is 3.74. The smallest absolute Gasteiger partial charge is 0.161 e. The normalized spacial score (nSPS) is 23.4. The Balaban J connectivity index is 1.47. The first-order valence-electron chi connectivity index (χ1n) is 9.68. The molecule has 130 valence electrons. The van der Waals surface area contributed by atoms with E-state index >= 15 is 0 Å². The number of hydrogen-bond acceptors (Lipinski definition) is 5. The Morgan fingerprint density at radius 3 is 2.60 bits per heavy atom. The van der Waals surface area contributed by atoms with Crippen molar-refractivity contribution in [1.29, 1.82) is 0 Å². The van der Waals surface area contributed by atoms with Crippen molar-refractivity contribution in [2.75, 3.05) is 31.1 Å². The van der Waals surface area contributed by atoms with Gasteiger partial charge in [-0.05, 0) is 63.7 Å². The van der Waals surface area contributed by atoms with Crippen LogP contribution in [0.3, 0.4) is 0 Å². The van der Waals surface area contributed by atoms with Gasteiger partial charge in [-0.25, -0.2) is 9.97 Å². The molecule has 0 radical (unpaired) electrons. The van der Waals surface area contributed by atoms with Gasteiger partial charge in [0.2, 0.25) is 0 Å². The molecule has 5 rings (SSSR count). The van der Waals surface area contributed by atoms with Crippen molar-refractivity contribution in [1.82, 2.24) is 19.9 Å². The quantitative estimate of drug-likeness (QED) is 0.863. The second-order valence-electron chi connectivity index (χ2n) is 7.52. The van der Waals surface area contributed by atoms with Crippen LogP contribution >= 0.6 is 0 Å². The fraction of sp³-hybridized carbons (Fsp3) is 0.550. The van der Waals surface area contributed by atoms with E-state index < -0.39 is 0 Å². The molecule has 2 aromatic heterocycles. The molecule has 5 nitrogen and oxygen atoms in total. The van der Waals surface area contributed by atoms with Crippen LogP contribution in [0.25, 0.3) is 11.4 Å². The largest absolute Gasteiger partial charge is 0.355 e. The molecule has 0 spiro atoms. The van der Waals surface area contributed by atoms with Crippen LogP contribution in [-0.4, -0.2) is 52.1 Å². The highest BCUT2D eigenvalue weighted by atomic mass is 15.3. The van der Waals surface area contributed by atoms with Crippen LogP contribution in [0.2, 0.25) is 0 Å². The minimum absolute atomic E-state index is 0.707. The van der Waals surface area contributed by atoms with Crippen LogP contribution in [-0.2, 0) is 12.8 Å². The van der Waals surface area contributed by atoms with E-state index in [1.54, 1.807) is 0 Å². The zero-order valence-electron chi connectivity index (χ0n) is 14.7. The van der Waals surface area contributed by atoms with Crippen molar-refractivity contribution in [2.24, 2.45) is 0 Å². The number of aryl methyl sites for hydroxylation is 1. The number of rotatable bonds is 3. The minimum atomic E-state index is 0.707. The summed E-state index contributed by atoms with van der Waals surface area (Å²) in [7, 11) is 0. The summed E-state index contributed by atoms with van der Waals surface area (Å²) in [6.45, 7) is 4.81. The summed E-state index contributed by atoms with van der Waals surface area (Å²) in [6, 6.07) is 4.73. The lowest BCUT2D eigenvalue weighted by Gasteiger charge is -2.25. The number of pyridine rings is 1. The third kappa shape index (κ3) is 2.80. The summed E-state index contributed by atoms with van der Waals surface area (Å²) in [5, 5.41) is 0. The van der Waals surface area contributed by atoms with E-state index in [0.717, 1.165) is 37.3 Å². The molecule has 2 fully saturated rings. The molecule has 0 amide bonds. The molecule has 0 bridgehead atoms. The van der Waals surface area contributed by atoms with Crippen molar-refractivity contribution >= 4 is 5.82 Å². The van der Waals surface area contributed by atoms with Gasteiger partial charge in [-0.3, -0.25) is 9.88 Å². The lowest BCUT2D eigenvalue weighted by Crippen LogP contribution is -2.35. The lowest BCUT2D eigenvalue weighted by atomic mass is 10.2. The highest BCUT2D eigenvalue weighted by molar-refractivity contribution is 5.61. The fourth-order valence-electron chi connectivity index (χ4n) is 4.64. The maximum Gasteiger partial charge on any atom is 0.161 e. The monoisotopic (exact) mass is 335 g/mol. The Bertz CT molecular complexity index is 754. The van der Waals surface area contributed by atoms with Gasteiger partial charge < -0.3 is 4.90 Å². The maximum absolute atomic E-state index is 5.03. The second-order valence-corrected chi connectivity index (χ2v) is 7.52. The van der Waals surface area contributed by atoms with Crippen LogP contribution < -0.4 is 4.90 Å². The Morgan fingerprint density at radius 1 is 0.920 bits per heavy atom. The summed E-state index contributed by atoms with van der Waals surface area (Å²) >= 11 is 0. The molecule has 0 saturated carbocycles. The topological polar surface area (TPSA) is 45.2 Å². The van der Waals surface area contributed by atoms with Gasteiger partial charge in [0.25, 0.3) is 0 Å². The molecule has 3 aliphatic rings. The van der Waals surface area contributed by atoms with Crippen molar-refractivity contribution in [2.45, 2.75) is 44.6 Å². The zero-order valence-corrected chi connectivity index (χ0v) is 14.7. The SMILES string of the molecule is c1cc(-c2nc3c(c(N4CC[C@@H](N5CCCC5)C4)n2)CCC3)ccn1. The summed E-state index contributed by atoms with van der Waals surface area (Å²) < 4.78 is 0. The van der Waals surface area contributed by atoms with E-state index in [1.165, 1.54) is 55.8 Å². The van der Waals surface area contributed by atoms with Gasteiger partial charge in [-0.15, -0.1) is 0 Å². The van der Waals surface area contributed by atoms with Gasteiger partial charge >= 0.3 is 0 Å². The predicted octanol–water partition coefficient (Wildman–Crippen LogP) is 2.70. The maximum atomic E-state index is 5.03. The third-order valence-corrected chi connectivity index (χ3v) is 5.97. The number of aromatic nitrogens is 3. The molecular formula is C20H25N5. The molecule has 1 atom stereocenters. The second kappa shape index (κ2) is 6.37. The van der Waals surface area contributed by atoms with Crippen LogP contribution in [0.1, 0.15) is 36.9 Å². The molecule has 2 saturated heterocycles. The van der Waals surface area contributed by atoms with Gasteiger partial charge in [-0.1, -0.05) is 0 Å². The molecule has 25 heavy (non-hydrogen) atoms. The van der Waals surface area contributed by atoms with Gasteiger partial charge in [0, 0.05) is 48.3 Å². The highest BCUT2D eigenvalue weighted by Gasteiger charge is 2.32. The first kappa shape index (κ1) is 15.3. The number of fused-ring (bicyclic) bond motifs is 1. The molecular weight excluding hydrogens is 310 g/mol. The molecule has 0 aromatic carbocycles. The van der Waals surface area contributed by atoms with Crippen LogP contribution in [0.5, 0.6) is 0 Å². The Kier molecular flexibility index (Phi) is 3.89. The summed E-state index contributed by atoms with van der Waals surface area (Å²) in [5.74, 6) is 2.07. The van der Waals surface area contributed by atoms with Crippen molar-refractivity contribution < 1.29 is 0 Å². The average Bonchev–Trinajstić information content (AvgIpc) is 3.41. The number of nitrogens with zero attached hydrogens (tertiary/aromatic N) is 5.